The lowest BCUT2D eigenvalue weighted by molar-refractivity contribution is 0.0690. The van der Waals surface area contributed by atoms with E-state index in [9.17, 15) is 4.79 Å². The van der Waals surface area contributed by atoms with Crippen LogP contribution in [0.25, 0.3) is 11.4 Å². The minimum atomic E-state index is -1.03. The lowest BCUT2D eigenvalue weighted by Gasteiger charge is -2.03. The van der Waals surface area contributed by atoms with Crippen LogP contribution in [0.3, 0.4) is 0 Å². The predicted octanol–water partition coefficient (Wildman–Crippen LogP) is 2.48. The Morgan fingerprint density at radius 2 is 2.06 bits per heavy atom. The molecule has 0 fully saturated rings. The average Bonchev–Trinajstić information content (AvgIpc) is 2.73. The lowest BCUT2D eigenvalue weighted by Crippen LogP contribution is -1.98. The van der Waals surface area contributed by atoms with E-state index in [1.165, 1.54) is 0 Å². The summed E-state index contributed by atoms with van der Waals surface area (Å²) < 4.78 is 5.34. The van der Waals surface area contributed by atoms with Gasteiger partial charge in [0.2, 0.25) is 0 Å². The van der Waals surface area contributed by atoms with Gasteiger partial charge in [-0.15, -0.1) is 0 Å². The highest BCUT2D eigenvalue weighted by Crippen LogP contribution is 2.21. The third-order valence-corrected chi connectivity index (χ3v) is 2.53. The van der Waals surface area contributed by atoms with Crippen LogP contribution in [0.2, 0.25) is 0 Å². The molecule has 5 heteroatoms. The molecule has 2 aromatic rings. The summed E-state index contributed by atoms with van der Waals surface area (Å²) in [6, 6.07) is 7.35. The summed E-state index contributed by atoms with van der Waals surface area (Å²) in [5, 5.41) is 8.94. The van der Waals surface area contributed by atoms with Crippen molar-refractivity contribution < 1.29 is 14.6 Å². The molecule has 0 unspecified atom stereocenters. The second-order valence-electron chi connectivity index (χ2n) is 3.82. The molecule has 0 amide bonds. The molecular weight excluding hydrogens is 232 g/mol. The normalized spacial score (nSPS) is 10.3. The fraction of sp³-hybridized carbons (Fsp3) is 0.231. The van der Waals surface area contributed by atoms with E-state index in [0.717, 1.165) is 11.3 Å². The Morgan fingerprint density at radius 3 is 2.56 bits per heavy atom. The molecule has 5 nitrogen and oxygen atoms in total. The van der Waals surface area contributed by atoms with Gasteiger partial charge in [-0.3, -0.25) is 0 Å². The van der Waals surface area contributed by atoms with E-state index in [2.05, 4.69) is 9.97 Å². The molecule has 2 rings (SSSR count). The number of hydrogen-bond acceptors (Lipinski definition) is 3. The van der Waals surface area contributed by atoms with Crippen LogP contribution >= 0.6 is 0 Å². The molecule has 1 heterocycles. The summed E-state index contributed by atoms with van der Waals surface area (Å²) in [4.78, 5) is 17.9. The first kappa shape index (κ1) is 12.2. The number of hydrogen-bond donors (Lipinski definition) is 2. The number of rotatable bonds is 4. The van der Waals surface area contributed by atoms with Gasteiger partial charge in [-0.05, 0) is 38.1 Å². The fourth-order valence-electron chi connectivity index (χ4n) is 1.68. The maximum Gasteiger partial charge on any atom is 0.356 e. The molecule has 0 atom stereocenters. The zero-order valence-corrected chi connectivity index (χ0v) is 10.2. The van der Waals surface area contributed by atoms with Gasteiger partial charge in [0.25, 0.3) is 0 Å². The number of carboxylic acids is 1. The van der Waals surface area contributed by atoms with Crippen molar-refractivity contribution in [3.05, 3.63) is 35.7 Å². The van der Waals surface area contributed by atoms with Crippen molar-refractivity contribution in [2.45, 2.75) is 13.8 Å². The van der Waals surface area contributed by atoms with Crippen LogP contribution < -0.4 is 4.74 Å². The molecule has 0 spiro atoms. The minimum Gasteiger partial charge on any atom is -0.494 e. The van der Waals surface area contributed by atoms with Gasteiger partial charge in [0, 0.05) is 11.3 Å². The number of aromatic amines is 1. The van der Waals surface area contributed by atoms with Crippen LogP contribution in [0.1, 0.15) is 23.1 Å². The van der Waals surface area contributed by atoms with Crippen molar-refractivity contribution >= 4 is 5.97 Å². The highest BCUT2D eigenvalue weighted by molar-refractivity contribution is 5.87. The molecule has 1 aromatic carbocycles. The first-order valence-electron chi connectivity index (χ1n) is 5.65. The van der Waals surface area contributed by atoms with Crippen molar-refractivity contribution in [3.63, 3.8) is 0 Å². The number of H-pyrrole nitrogens is 1. The van der Waals surface area contributed by atoms with E-state index in [4.69, 9.17) is 9.84 Å². The van der Waals surface area contributed by atoms with Crippen molar-refractivity contribution in [2.24, 2.45) is 0 Å². The Kier molecular flexibility index (Phi) is 3.32. The standard InChI is InChI=1S/C13H14N2O3/c1-3-18-10-6-4-9(5-7-10)12-14-8(2)11(15-12)13(16)17/h4-7H,3H2,1-2H3,(H,14,15)(H,16,17). The monoisotopic (exact) mass is 246 g/mol. The van der Waals surface area contributed by atoms with Gasteiger partial charge in [-0.25, -0.2) is 9.78 Å². The second kappa shape index (κ2) is 4.91. The van der Waals surface area contributed by atoms with Crippen molar-refractivity contribution in [2.75, 3.05) is 6.61 Å². The Morgan fingerprint density at radius 1 is 1.39 bits per heavy atom. The van der Waals surface area contributed by atoms with Gasteiger partial charge in [-0.2, -0.15) is 0 Å². The molecule has 0 aliphatic carbocycles. The zero-order chi connectivity index (χ0) is 13.1. The highest BCUT2D eigenvalue weighted by atomic mass is 16.5. The molecule has 0 radical (unpaired) electrons. The molecule has 0 saturated heterocycles. The Labute approximate surface area is 104 Å². The Hall–Kier alpha value is -2.30. The zero-order valence-electron chi connectivity index (χ0n) is 10.2. The molecule has 94 valence electrons. The van der Waals surface area contributed by atoms with Gasteiger partial charge in [0.1, 0.15) is 11.6 Å². The van der Waals surface area contributed by atoms with E-state index in [1.54, 1.807) is 6.92 Å². The number of aromatic nitrogens is 2. The number of carboxylic acid groups (broad SMARTS) is 1. The molecule has 2 N–H and O–H groups in total. The summed E-state index contributed by atoms with van der Waals surface area (Å²) in [6.07, 6.45) is 0. The van der Waals surface area contributed by atoms with E-state index < -0.39 is 5.97 Å². The topological polar surface area (TPSA) is 75.2 Å². The second-order valence-corrected chi connectivity index (χ2v) is 3.82. The molecule has 0 bridgehead atoms. The average molecular weight is 246 g/mol. The van der Waals surface area contributed by atoms with Crippen LogP contribution in [0, 0.1) is 6.92 Å². The maximum atomic E-state index is 10.9. The molecule has 0 aliphatic rings. The number of aromatic carboxylic acids is 1. The summed E-state index contributed by atoms with van der Waals surface area (Å²) in [5.41, 5.74) is 1.43. The minimum absolute atomic E-state index is 0.0545. The third kappa shape index (κ3) is 2.34. The number of nitrogens with zero attached hydrogens (tertiary/aromatic N) is 1. The molecule has 1 aromatic heterocycles. The van der Waals surface area contributed by atoms with E-state index in [0.29, 0.717) is 18.1 Å². The lowest BCUT2D eigenvalue weighted by atomic mass is 10.2. The quantitative estimate of drug-likeness (QED) is 0.869. The SMILES string of the molecule is CCOc1ccc(-c2nc(C(=O)O)c(C)[nH]2)cc1. The summed E-state index contributed by atoms with van der Waals surface area (Å²) in [6.45, 7) is 4.22. The largest absolute Gasteiger partial charge is 0.494 e. The van der Waals surface area contributed by atoms with Crippen LogP contribution in [-0.2, 0) is 0 Å². The maximum absolute atomic E-state index is 10.9. The number of carbonyl (C=O) groups is 1. The number of aryl methyl sites for hydroxylation is 1. The first-order chi connectivity index (χ1) is 8.61. The summed E-state index contributed by atoms with van der Waals surface area (Å²) >= 11 is 0. The molecule has 18 heavy (non-hydrogen) atoms. The van der Waals surface area contributed by atoms with Crippen molar-refractivity contribution in [1.82, 2.24) is 9.97 Å². The van der Waals surface area contributed by atoms with Gasteiger partial charge in [-0.1, -0.05) is 0 Å². The molecular formula is C13H14N2O3. The van der Waals surface area contributed by atoms with Crippen molar-refractivity contribution in [3.8, 4) is 17.1 Å². The van der Waals surface area contributed by atoms with Crippen molar-refractivity contribution in [1.29, 1.82) is 0 Å². The van der Waals surface area contributed by atoms with E-state index >= 15 is 0 Å². The third-order valence-electron chi connectivity index (χ3n) is 2.53. The number of benzene rings is 1. The first-order valence-corrected chi connectivity index (χ1v) is 5.65. The Bertz CT molecular complexity index is 558. The van der Waals surface area contributed by atoms with Gasteiger partial charge < -0.3 is 14.8 Å². The summed E-state index contributed by atoms with van der Waals surface area (Å²) in [5.74, 6) is 0.303. The fourth-order valence-corrected chi connectivity index (χ4v) is 1.68. The van der Waals surface area contributed by atoms with E-state index in [1.807, 2.05) is 31.2 Å². The van der Waals surface area contributed by atoms with E-state index in [-0.39, 0.29) is 5.69 Å². The smallest absolute Gasteiger partial charge is 0.356 e. The number of nitrogens with one attached hydrogen (secondary N) is 1. The van der Waals surface area contributed by atoms with Gasteiger partial charge >= 0.3 is 5.97 Å². The molecule has 0 aliphatic heterocycles. The van der Waals surface area contributed by atoms with Crippen LogP contribution in [0.15, 0.2) is 24.3 Å². The highest BCUT2D eigenvalue weighted by Gasteiger charge is 2.14. The predicted molar refractivity (Wildman–Crippen MR) is 66.9 cm³/mol. The van der Waals surface area contributed by atoms with Crippen LogP contribution in [0.5, 0.6) is 5.75 Å². The number of ether oxygens (including phenoxy) is 1. The van der Waals surface area contributed by atoms with Gasteiger partial charge in [0.15, 0.2) is 5.69 Å². The molecule has 0 saturated carbocycles. The van der Waals surface area contributed by atoms with Gasteiger partial charge in [0.05, 0.1) is 6.61 Å². The Balaban J connectivity index is 2.31. The number of imidazole rings is 1. The van der Waals surface area contributed by atoms with Crippen LogP contribution in [0.4, 0.5) is 0 Å². The summed E-state index contributed by atoms with van der Waals surface area (Å²) in [7, 11) is 0. The van der Waals surface area contributed by atoms with Crippen LogP contribution in [-0.4, -0.2) is 27.7 Å².